The van der Waals surface area contributed by atoms with E-state index < -0.39 is 6.43 Å². The Morgan fingerprint density at radius 1 is 1.70 bits per heavy atom. The predicted molar refractivity (Wildman–Crippen MR) is 32.1 cm³/mol. The van der Waals surface area contributed by atoms with Gasteiger partial charge >= 0.3 is 0 Å². The monoisotopic (exact) mass is 147 g/mol. The van der Waals surface area contributed by atoms with Crippen LogP contribution in [0.4, 0.5) is 8.78 Å². The molecule has 10 heavy (non-hydrogen) atoms. The molecule has 0 aromatic carbocycles. The number of nitrogens with zero attached hydrogens (tertiary/aromatic N) is 2. The third-order valence-electron chi connectivity index (χ3n) is 1.16. The third-order valence-corrected chi connectivity index (χ3v) is 1.16. The second-order valence-electron chi connectivity index (χ2n) is 1.98. The molecule has 0 spiro atoms. The van der Waals surface area contributed by atoms with Gasteiger partial charge in [0.05, 0.1) is 6.20 Å². The highest BCUT2D eigenvalue weighted by Gasteiger charge is 2.13. The van der Waals surface area contributed by atoms with Gasteiger partial charge in [0.1, 0.15) is 5.69 Å². The second-order valence-corrected chi connectivity index (χ2v) is 1.98. The number of alkyl halides is 2. The van der Waals surface area contributed by atoms with Gasteiger partial charge in [0.15, 0.2) is 0 Å². The van der Waals surface area contributed by atoms with Gasteiger partial charge < -0.3 is 5.84 Å². The average Bonchev–Trinajstić information content (AvgIpc) is 2.10. The lowest BCUT2D eigenvalue weighted by molar-refractivity contribution is 0.144. The molecular weight excluding hydrogens is 140 g/mol. The van der Waals surface area contributed by atoms with Crippen molar-refractivity contribution in [2.45, 2.75) is 13.3 Å². The van der Waals surface area contributed by atoms with E-state index in [9.17, 15) is 8.78 Å². The number of hydrogen-bond acceptors (Lipinski definition) is 2. The molecule has 0 unspecified atom stereocenters. The van der Waals surface area contributed by atoms with Crippen LogP contribution in [0.5, 0.6) is 0 Å². The Kier molecular flexibility index (Phi) is 1.57. The number of aromatic nitrogens is 2. The Morgan fingerprint density at radius 2 is 2.30 bits per heavy atom. The largest absolute Gasteiger partial charge is 0.323 e. The second kappa shape index (κ2) is 2.24. The summed E-state index contributed by atoms with van der Waals surface area (Å²) in [6, 6.07) is 0. The summed E-state index contributed by atoms with van der Waals surface area (Å²) in [7, 11) is 0. The molecule has 5 heteroatoms. The number of rotatable bonds is 1. The van der Waals surface area contributed by atoms with Gasteiger partial charge in [-0.1, -0.05) is 0 Å². The summed E-state index contributed by atoms with van der Waals surface area (Å²) in [5, 5.41) is 3.35. The Balaban J connectivity index is 3.03. The lowest BCUT2D eigenvalue weighted by Gasteiger charge is -1.91. The van der Waals surface area contributed by atoms with Crippen molar-refractivity contribution < 1.29 is 8.78 Å². The molecule has 0 bridgehead atoms. The van der Waals surface area contributed by atoms with E-state index in [1.807, 2.05) is 0 Å². The Labute approximate surface area is 56.4 Å². The van der Waals surface area contributed by atoms with Crippen LogP contribution in [-0.4, -0.2) is 9.89 Å². The summed E-state index contributed by atoms with van der Waals surface area (Å²) in [4.78, 5) is 0.886. The normalized spacial score (nSPS) is 10.8. The van der Waals surface area contributed by atoms with E-state index >= 15 is 0 Å². The Bertz CT molecular complexity index is 231. The maximum absolute atomic E-state index is 11.9. The molecular formula is C5H7F2N3. The molecule has 0 amide bonds. The van der Waals surface area contributed by atoms with Crippen molar-refractivity contribution in [3.8, 4) is 0 Å². The van der Waals surface area contributed by atoms with E-state index in [0.717, 1.165) is 4.79 Å². The third kappa shape index (κ3) is 1.07. The molecule has 1 aromatic rings. The minimum atomic E-state index is -2.54. The molecule has 0 aliphatic carbocycles. The van der Waals surface area contributed by atoms with Gasteiger partial charge in [-0.05, 0) is 12.5 Å². The number of nitrogens with two attached hydrogens (primary N) is 1. The molecule has 0 aliphatic heterocycles. The summed E-state index contributed by atoms with van der Waals surface area (Å²) < 4.78 is 23.8. The highest BCUT2D eigenvalue weighted by atomic mass is 19.3. The zero-order valence-corrected chi connectivity index (χ0v) is 5.38. The van der Waals surface area contributed by atoms with Crippen LogP contribution in [0.15, 0.2) is 6.20 Å². The fourth-order valence-corrected chi connectivity index (χ4v) is 0.712. The van der Waals surface area contributed by atoms with Gasteiger partial charge in [0.25, 0.3) is 6.43 Å². The van der Waals surface area contributed by atoms with Crippen LogP contribution in [0.1, 0.15) is 17.7 Å². The van der Waals surface area contributed by atoms with E-state index in [4.69, 9.17) is 5.84 Å². The first-order valence-electron chi connectivity index (χ1n) is 2.70. The molecule has 1 heterocycles. The topological polar surface area (TPSA) is 43.8 Å². The predicted octanol–water partition coefficient (Wildman–Crippen LogP) is 0.843. The van der Waals surface area contributed by atoms with Crippen molar-refractivity contribution in [1.29, 1.82) is 0 Å². The summed E-state index contributed by atoms with van der Waals surface area (Å²) >= 11 is 0. The molecule has 0 atom stereocenters. The van der Waals surface area contributed by atoms with Crippen LogP contribution in [0.25, 0.3) is 0 Å². The molecule has 0 saturated heterocycles. The van der Waals surface area contributed by atoms with Gasteiger partial charge in [-0.3, -0.25) is 0 Å². The molecule has 0 saturated carbocycles. The molecule has 1 rings (SSSR count). The van der Waals surface area contributed by atoms with Gasteiger partial charge in [-0.25, -0.2) is 8.78 Å². The van der Waals surface area contributed by atoms with E-state index in [0.29, 0.717) is 5.56 Å². The summed E-state index contributed by atoms with van der Waals surface area (Å²) in [5.41, 5.74) is 0.167. The maximum atomic E-state index is 11.9. The maximum Gasteiger partial charge on any atom is 0.282 e. The summed E-state index contributed by atoms with van der Waals surface area (Å²) in [6.45, 7) is 1.54. The molecule has 0 fully saturated rings. The Hall–Kier alpha value is -1.13. The van der Waals surface area contributed by atoms with E-state index in [1.54, 1.807) is 0 Å². The molecule has 0 aliphatic rings. The smallest absolute Gasteiger partial charge is 0.282 e. The van der Waals surface area contributed by atoms with Crippen LogP contribution >= 0.6 is 0 Å². The lowest BCUT2D eigenvalue weighted by Crippen LogP contribution is -2.08. The zero-order valence-electron chi connectivity index (χ0n) is 5.38. The summed E-state index contributed by atoms with van der Waals surface area (Å²) in [6.07, 6.45) is -1.19. The first kappa shape index (κ1) is 6.98. The van der Waals surface area contributed by atoms with E-state index in [2.05, 4.69) is 5.10 Å². The van der Waals surface area contributed by atoms with Crippen molar-refractivity contribution in [3.05, 3.63) is 17.5 Å². The number of aryl methyl sites for hydroxylation is 1. The number of hydrogen-bond donors (Lipinski definition) is 1. The molecule has 56 valence electrons. The first-order chi connectivity index (χ1) is 4.61. The van der Waals surface area contributed by atoms with Gasteiger partial charge in [0.2, 0.25) is 0 Å². The highest BCUT2D eigenvalue weighted by molar-refractivity contribution is 5.15. The molecule has 0 radical (unpaired) electrons. The van der Waals surface area contributed by atoms with Crippen LogP contribution in [-0.2, 0) is 0 Å². The average molecular weight is 147 g/mol. The van der Waals surface area contributed by atoms with Crippen molar-refractivity contribution >= 4 is 0 Å². The molecule has 3 nitrogen and oxygen atoms in total. The highest BCUT2D eigenvalue weighted by Crippen LogP contribution is 2.18. The van der Waals surface area contributed by atoms with Gasteiger partial charge in [-0.2, -0.15) is 9.89 Å². The molecule has 2 N–H and O–H groups in total. The van der Waals surface area contributed by atoms with Crippen LogP contribution in [0, 0.1) is 6.92 Å². The number of nitrogen functional groups attached to an aromatic ring is 1. The van der Waals surface area contributed by atoms with Crippen molar-refractivity contribution in [3.63, 3.8) is 0 Å². The molecule has 1 aromatic heterocycles. The van der Waals surface area contributed by atoms with E-state index in [-0.39, 0.29) is 5.69 Å². The first-order valence-corrected chi connectivity index (χ1v) is 2.70. The van der Waals surface area contributed by atoms with Crippen molar-refractivity contribution in [2.75, 3.05) is 5.84 Å². The SMILES string of the molecule is Cc1cn(N)nc1C(F)F. The summed E-state index contributed by atoms with van der Waals surface area (Å²) in [5.74, 6) is 5.09. The van der Waals surface area contributed by atoms with E-state index in [1.165, 1.54) is 13.1 Å². The van der Waals surface area contributed by atoms with Crippen LogP contribution in [0.2, 0.25) is 0 Å². The van der Waals surface area contributed by atoms with Crippen molar-refractivity contribution in [1.82, 2.24) is 9.89 Å². The zero-order chi connectivity index (χ0) is 7.72. The van der Waals surface area contributed by atoms with Crippen LogP contribution in [0.3, 0.4) is 0 Å². The quantitative estimate of drug-likeness (QED) is 0.598. The minimum absolute atomic E-state index is 0.248. The van der Waals surface area contributed by atoms with Crippen molar-refractivity contribution in [2.24, 2.45) is 0 Å². The van der Waals surface area contributed by atoms with Crippen LogP contribution < -0.4 is 5.84 Å². The van der Waals surface area contributed by atoms with Gasteiger partial charge in [0, 0.05) is 0 Å². The Morgan fingerprint density at radius 3 is 2.50 bits per heavy atom. The minimum Gasteiger partial charge on any atom is -0.323 e. The number of halogens is 2. The fraction of sp³-hybridized carbons (Fsp3) is 0.400. The lowest BCUT2D eigenvalue weighted by atomic mass is 10.3. The standard InChI is InChI=1S/C5H7F2N3/c1-3-2-10(8)9-4(3)5(6)7/h2,5H,8H2,1H3. The fourth-order valence-electron chi connectivity index (χ4n) is 0.712. The van der Waals surface area contributed by atoms with Gasteiger partial charge in [-0.15, -0.1) is 0 Å².